The first-order valence-electron chi connectivity index (χ1n) is 6.07. The molecule has 0 atom stereocenters. The first-order chi connectivity index (χ1) is 8.59. The van der Waals surface area contributed by atoms with Gasteiger partial charge in [0.2, 0.25) is 0 Å². The van der Waals surface area contributed by atoms with Crippen LogP contribution < -0.4 is 5.32 Å². The Kier molecular flexibility index (Phi) is 6.90. The fraction of sp³-hybridized carbons (Fsp3) is 0.538. The quantitative estimate of drug-likeness (QED) is 0.787. The number of nitrogens with one attached hydrogen (secondary N) is 1. The van der Waals surface area contributed by atoms with Gasteiger partial charge in [0.05, 0.1) is 0 Å². The van der Waals surface area contributed by atoms with Crippen LogP contribution in [0.25, 0.3) is 0 Å². The normalized spacial score (nSPS) is 10.7. The molecular formula is C13H19BrN2O2. The van der Waals surface area contributed by atoms with E-state index >= 15 is 0 Å². The van der Waals surface area contributed by atoms with Crippen molar-refractivity contribution in [3.8, 4) is 0 Å². The van der Waals surface area contributed by atoms with Crippen molar-refractivity contribution >= 4 is 21.8 Å². The third kappa shape index (κ3) is 6.12. The van der Waals surface area contributed by atoms with Crippen molar-refractivity contribution in [3.05, 3.63) is 28.5 Å². The molecule has 0 radical (unpaired) electrons. The number of hydrogen-bond acceptors (Lipinski definition) is 3. The van der Waals surface area contributed by atoms with Gasteiger partial charge in [-0.1, -0.05) is 13.8 Å². The molecule has 1 amide bonds. The number of amides is 1. The average Bonchev–Trinajstić information content (AvgIpc) is 2.34. The molecule has 1 aromatic heterocycles. The topological polar surface area (TPSA) is 51.2 Å². The van der Waals surface area contributed by atoms with Crippen LogP contribution in [-0.4, -0.2) is 30.6 Å². The lowest BCUT2D eigenvalue weighted by atomic mass is 10.2. The molecule has 1 rings (SSSR count). The molecule has 0 aliphatic carbocycles. The zero-order valence-corrected chi connectivity index (χ0v) is 12.4. The third-order valence-corrected chi connectivity index (χ3v) is 2.63. The van der Waals surface area contributed by atoms with Gasteiger partial charge in [-0.2, -0.15) is 0 Å². The average molecular weight is 315 g/mol. The predicted octanol–water partition coefficient (Wildman–Crippen LogP) is 2.64. The van der Waals surface area contributed by atoms with Gasteiger partial charge in [-0.05, 0) is 40.4 Å². The van der Waals surface area contributed by atoms with Crippen LogP contribution in [0.1, 0.15) is 30.8 Å². The predicted molar refractivity (Wildman–Crippen MR) is 74.5 cm³/mol. The van der Waals surface area contributed by atoms with E-state index in [0.29, 0.717) is 24.8 Å². The van der Waals surface area contributed by atoms with Gasteiger partial charge in [0.25, 0.3) is 5.91 Å². The van der Waals surface area contributed by atoms with Gasteiger partial charge in [-0.15, -0.1) is 0 Å². The van der Waals surface area contributed by atoms with Crippen molar-refractivity contribution in [3.63, 3.8) is 0 Å². The summed E-state index contributed by atoms with van der Waals surface area (Å²) in [7, 11) is 0. The number of hydrogen-bond donors (Lipinski definition) is 1. The Balaban J connectivity index is 2.16. The molecule has 4 nitrogen and oxygen atoms in total. The molecule has 0 saturated heterocycles. The molecule has 0 aromatic carbocycles. The highest BCUT2D eigenvalue weighted by Gasteiger charge is 2.05. The molecule has 100 valence electrons. The lowest BCUT2D eigenvalue weighted by Gasteiger charge is -2.07. The maximum Gasteiger partial charge on any atom is 0.269 e. The minimum atomic E-state index is -0.147. The third-order valence-electron chi connectivity index (χ3n) is 2.16. The molecule has 18 heavy (non-hydrogen) atoms. The SMILES string of the molecule is CC(C)COCCCNC(=O)c1ccc(Br)cn1. The Bertz CT molecular complexity index is 366. The van der Waals surface area contributed by atoms with Crippen LogP contribution in [0.5, 0.6) is 0 Å². The summed E-state index contributed by atoms with van der Waals surface area (Å²) >= 11 is 3.28. The minimum Gasteiger partial charge on any atom is -0.381 e. The number of ether oxygens (including phenoxy) is 1. The standard InChI is InChI=1S/C13H19BrN2O2/c1-10(2)9-18-7-3-6-15-13(17)12-5-4-11(14)8-16-12/h4-5,8,10H,3,6-7,9H2,1-2H3,(H,15,17). The Hall–Kier alpha value is -0.940. The van der Waals surface area contributed by atoms with Crippen LogP contribution in [-0.2, 0) is 4.74 Å². The Morgan fingerprint density at radius 1 is 1.50 bits per heavy atom. The van der Waals surface area contributed by atoms with Crippen molar-refractivity contribution in [1.29, 1.82) is 0 Å². The molecule has 0 spiro atoms. The summed E-state index contributed by atoms with van der Waals surface area (Å²) in [6.45, 7) is 6.27. The van der Waals surface area contributed by atoms with Gasteiger partial charge >= 0.3 is 0 Å². The van der Waals surface area contributed by atoms with Crippen molar-refractivity contribution < 1.29 is 9.53 Å². The monoisotopic (exact) mass is 314 g/mol. The van der Waals surface area contributed by atoms with E-state index in [9.17, 15) is 4.79 Å². The smallest absolute Gasteiger partial charge is 0.269 e. The number of carbonyl (C=O) groups excluding carboxylic acids is 1. The van der Waals surface area contributed by atoms with E-state index in [1.807, 2.05) is 0 Å². The number of aromatic nitrogens is 1. The van der Waals surface area contributed by atoms with Gasteiger partial charge < -0.3 is 10.1 Å². The van der Waals surface area contributed by atoms with E-state index in [1.165, 1.54) is 0 Å². The van der Waals surface area contributed by atoms with E-state index in [-0.39, 0.29) is 5.91 Å². The van der Waals surface area contributed by atoms with Gasteiger partial charge in [-0.25, -0.2) is 4.98 Å². The van der Waals surface area contributed by atoms with Crippen LogP contribution in [0.15, 0.2) is 22.8 Å². The minimum absolute atomic E-state index is 0.147. The zero-order chi connectivity index (χ0) is 13.4. The number of halogens is 1. The summed E-state index contributed by atoms with van der Waals surface area (Å²) in [5.74, 6) is 0.401. The first kappa shape index (κ1) is 15.1. The van der Waals surface area contributed by atoms with Gasteiger partial charge in [0.15, 0.2) is 0 Å². The highest BCUT2D eigenvalue weighted by atomic mass is 79.9. The van der Waals surface area contributed by atoms with E-state index < -0.39 is 0 Å². The number of carbonyl (C=O) groups is 1. The Labute approximate surface area is 116 Å². The van der Waals surface area contributed by atoms with Gasteiger partial charge in [0.1, 0.15) is 5.69 Å². The highest BCUT2D eigenvalue weighted by molar-refractivity contribution is 9.10. The van der Waals surface area contributed by atoms with Crippen LogP contribution >= 0.6 is 15.9 Å². The van der Waals surface area contributed by atoms with E-state index in [4.69, 9.17) is 4.74 Å². The summed E-state index contributed by atoms with van der Waals surface area (Å²) in [5, 5.41) is 2.81. The van der Waals surface area contributed by atoms with Crippen molar-refractivity contribution in [2.75, 3.05) is 19.8 Å². The molecule has 1 N–H and O–H groups in total. The molecule has 1 aromatic rings. The van der Waals surface area contributed by atoms with Crippen LogP contribution in [0, 0.1) is 5.92 Å². The summed E-state index contributed by atoms with van der Waals surface area (Å²) in [4.78, 5) is 15.7. The second kappa shape index (κ2) is 8.21. The summed E-state index contributed by atoms with van der Waals surface area (Å²) in [6, 6.07) is 3.49. The Morgan fingerprint density at radius 2 is 2.28 bits per heavy atom. The number of nitrogens with zero attached hydrogens (tertiary/aromatic N) is 1. The molecule has 0 saturated carbocycles. The Morgan fingerprint density at radius 3 is 2.89 bits per heavy atom. The summed E-state index contributed by atoms with van der Waals surface area (Å²) in [5.41, 5.74) is 0.432. The largest absolute Gasteiger partial charge is 0.381 e. The fourth-order valence-corrected chi connectivity index (χ4v) is 1.53. The molecule has 0 aliphatic rings. The van der Waals surface area contributed by atoms with E-state index in [0.717, 1.165) is 17.5 Å². The maximum absolute atomic E-state index is 11.7. The van der Waals surface area contributed by atoms with Crippen molar-refractivity contribution in [1.82, 2.24) is 10.3 Å². The molecular weight excluding hydrogens is 296 g/mol. The lowest BCUT2D eigenvalue weighted by Crippen LogP contribution is -2.26. The molecule has 0 fully saturated rings. The fourth-order valence-electron chi connectivity index (χ4n) is 1.30. The van der Waals surface area contributed by atoms with Crippen LogP contribution in [0.4, 0.5) is 0 Å². The molecule has 0 bridgehead atoms. The van der Waals surface area contributed by atoms with Gasteiger partial charge in [-0.3, -0.25) is 4.79 Å². The van der Waals surface area contributed by atoms with Crippen molar-refractivity contribution in [2.45, 2.75) is 20.3 Å². The highest BCUT2D eigenvalue weighted by Crippen LogP contribution is 2.07. The second-order valence-corrected chi connectivity index (χ2v) is 5.36. The second-order valence-electron chi connectivity index (χ2n) is 4.44. The van der Waals surface area contributed by atoms with Gasteiger partial charge in [0, 0.05) is 30.4 Å². The van der Waals surface area contributed by atoms with Crippen LogP contribution in [0.3, 0.4) is 0 Å². The summed E-state index contributed by atoms with van der Waals surface area (Å²) in [6.07, 6.45) is 2.43. The summed E-state index contributed by atoms with van der Waals surface area (Å²) < 4.78 is 6.29. The first-order valence-corrected chi connectivity index (χ1v) is 6.86. The molecule has 0 unspecified atom stereocenters. The molecule has 1 heterocycles. The maximum atomic E-state index is 11.7. The lowest BCUT2D eigenvalue weighted by molar-refractivity contribution is 0.0920. The molecule has 0 aliphatic heterocycles. The van der Waals surface area contributed by atoms with Crippen molar-refractivity contribution in [2.24, 2.45) is 5.92 Å². The zero-order valence-electron chi connectivity index (χ0n) is 10.8. The molecule has 5 heteroatoms. The van der Waals surface area contributed by atoms with Crippen LogP contribution in [0.2, 0.25) is 0 Å². The van der Waals surface area contributed by atoms with E-state index in [1.54, 1.807) is 18.3 Å². The number of pyridine rings is 1. The van der Waals surface area contributed by atoms with E-state index in [2.05, 4.69) is 40.1 Å². The number of rotatable bonds is 7.